The number of halogens is 3. The lowest BCUT2D eigenvalue weighted by Gasteiger charge is -2.37. The molecule has 2 aromatic rings. The van der Waals surface area contributed by atoms with Gasteiger partial charge in [0.2, 0.25) is 0 Å². The number of alkyl halides is 3. The third kappa shape index (κ3) is 4.81. The first-order valence-corrected chi connectivity index (χ1v) is 10.5. The molecule has 2 aliphatic heterocycles. The Kier molecular flexibility index (Phi) is 5.88. The monoisotopic (exact) mass is 433 g/mol. The molecule has 1 saturated heterocycles. The maximum absolute atomic E-state index is 13.0. The van der Waals surface area contributed by atoms with Crippen molar-refractivity contribution in [3.8, 4) is 0 Å². The number of piperidine rings is 1. The molecule has 6 nitrogen and oxygen atoms in total. The third-order valence-corrected chi connectivity index (χ3v) is 6.01. The van der Waals surface area contributed by atoms with Crippen LogP contribution in [0.4, 0.5) is 18.9 Å². The number of hydrogen-bond donors (Lipinski definition) is 1. The van der Waals surface area contributed by atoms with Crippen LogP contribution >= 0.6 is 0 Å². The smallest absolute Gasteiger partial charge is 0.371 e. The molecule has 166 valence electrons. The lowest BCUT2D eigenvalue weighted by atomic mass is 9.96. The van der Waals surface area contributed by atoms with Gasteiger partial charge in [-0.1, -0.05) is 6.92 Å². The minimum Gasteiger partial charge on any atom is -0.371 e. The highest BCUT2D eigenvalue weighted by atomic mass is 19.4. The number of rotatable bonds is 4. The van der Waals surface area contributed by atoms with Crippen molar-refractivity contribution in [2.75, 3.05) is 24.5 Å². The van der Waals surface area contributed by atoms with Crippen LogP contribution in [0.3, 0.4) is 0 Å². The van der Waals surface area contributed by atoms with E-state index in [-0.39, 0.29) is 5.69 Å². The molecule has 31 heavy (non-hydrogen) atoms. The van der Waals surface area contributed by atoms with Crippen LogP contribution in [0.25, 0.3) is 0 Å². The van der Waals surface area contributed by atoms with Gasteiger partial charge in [-0.3, -0.25) is 14.7 Å². The molecule has 0 saturated carbocycles. The molecule has 0 radical (unpaired) electrons. The molecule has 2 N–H and O–H groups in total. The lowest BCUT2D eigenvalue weighted by Crippen LogP contribution is -2.38. The van der Waals surface area contributed by atoms with Crippen molar-refractivity contribution in [1.82, 2.24) is 14.9 Å². The molecule has 1 unspecified atom stereocenters. The summed E-state index contributed by atoms with van der Waals surface area (Å²) in [4.78, 5) is 24.2. The van der Waals surface area contributed by atoms with Gasteiger partial charge in [-0.15, -0.1) is 0 Å². The van der Waals surface area contributed by atoms with E-state index >= 15 is 0 Å². The van der Waals surface area contributed by atoms with Gasteiger partial charge in [0.25, 0.3) is 5.91 Å². The van der Waals surface area contributed by atoms with Gasteiger partial charge in [0.05, 0.1) is 5.69 Å². The number of nitrogens with zero attached hydrogens (tertiary/aromatic N) is 4. The summed E-state index contributed by atoms with van der Waals surface area (Å²) < 4.78 is 38.9. The Hall–Kier alpha value is -2.68. The van der Waals surface area contributed by atoms with Crippen molar-refractivity contribution in [3.63, 3.8) is 0 Å². The summed E-state index contributed by atoms with van der Waals surface area (Å²) in [6, 6.07) is 4.48. The van der Waals surface area contributed by atoms with E-state index < -0.39 is 17.8 Å². The van der Waals surface area contributed by atoms with E-state index in [1.165, 1.54) is 12.6 Å². The highest BCUT2D eigenvalue weighted by Gasteiger charge is 2.33. The second-order valence-electron chi connectivity index (χ2n) is 8.52. The lowest BCUT2D eigenvalue weighted by molar-refractivity contribution is -0.141. The van der Waals surface area contributed by atoms with Crippen LogP contribution in [0, 0.1) is 5.92 Å². The molecule has 0 bridgehead atoms. The number of hydrogen-bond acceptors (Lipinski definition) is 5. The number of carbonyl (C=O) groups is 1. The number of nitrogens with two attached hydrogens (primary N) is 1. The average molecular weight is 433 g/mol. The van der Waals surface area contributed by atoms with Gasteiger partial charge in [-0.05, 0) is 54.5 Å². The second kappa shape index (κ2) is 8.45. The second-order valence-corrected chi connectivity index (χ2v) is 8.52. The Labute approximate surface area is 179 Å². The number of fused-ring (bicyclic) bond motifs is 1. The molecule has 1 atom stereocenters. The molecule has 0 aliphatic carbocycles. The summed E-state index contributed by atoms with van der Waals surface area (Å²) >= 11 is 0. The van der Waals surface area contributed by atoms with Crippen molar-refractivity contribution < 1.29 is 18.0 Å². The first-order chi connectivity index (χ1) is 14.7. The quantitative estimate of drug-likeness (QED) is 0.800. The van der Waals surface area contributed by atoms with Gasteiger partial charge >= 0.3 is 6.18 Å². The van der Waals surface area contributed by atoms with E-state index in [0.717, 1.165) is 48.9 Å². The third-order valence-electron chi connectivity index (χ3n) is 6.01. The molecule has 1 amide bonds. The molecule has 0 spiro atoms. The van der Waals surface area contributed by atoms with Crippen LogP contribution in [0.1, 0.15) is 52.8 Å². The highest BCUT2D eigenvalue weighted by molar-refractivity contribution is 5.92. The molecular formula is C22H26F3N5O. The Morgan fingerprint density at radius 1 is 1.29 bits per heavy atom. The van der Waals surface area contributed by atoms with Gasteiger partial charge in [0, 0.05) is 44.6 Å². The van der Waals surface area contributed by atoms with E-state index in [2.05, 4.69) is 21.8 Å². The van der Waals surface area contributed by atoms with Gasteiger partial charge in [-0.25, -0.2) is 4.98 Å². The summed E-state index contributed by atoms with van der Waals surface area (Å²) in [5, 5.41) is 0. The Bertz CT molecular complexity index is 978. The molecular weight excluding hydrogens is 407 g/mol. The van der Waals surface area contributed by atoms with Crippen LogP contribution in [0.15, 0.2) is 24.4 Å². The number of carbonyl (C=O) groups excluding carboxylic acids is 1. The summed E-state index contributed by atoms with van der Waals surface area (Å²) in [6.07, 6.45) is -0.275. The maximum atomic E-state index is 13.0. The molecule has 0 aromatic carbocycles. The predicted molar refractivity (Wildman–Crippen MR) is 110 cm³/mol. The minimum atomic E-state index is -4.47. The van der Waals surface area contributed by atoms with Crippen molar-refractivity contribution in [2.45, 2.75) is 45.5 Å². The topological polar surface area (TPSA) is 75.3 Å². The fraction of sp³-hybridized carbons (Fsp3) is 0.500. The zero-order valence-corrected chi connectivity index (χ0v) is 17.5. The molecule has 9 heteroatoms. The molecule has 2 aromatic heterocycles. The first kappa shape index (κ1) is 21.5. The maximum Gasteiger partial charge on any atom is 0.433 e. The van der Waals surface area contributed by atoms with Crippen LogP contribution in [0.2, 0.25) is 0 Å². The van der Waals surface area contributed by atoms with Crippen LogP contribution in [-0.4, -0.2) is 40.4 Å². The van der Waals surface area contributed by atoms with Crippen LogP contribution < -0.4 is 10.6 Å². The normalized spacial score (nSPS) is 19.9. The fourth-order valence-corrected chi connectivity index (χ4v) is 4.51. The predicted octanol–water partition coefficient (Wildman–Crippen LogP) is 3.39. The van der Waals surface area contributed by atoms with Gasteiger partial charge in [0.15, 0.2) is 0 Å². The van der Waals surface area contributed by atoms with Gasteiger partial charge < -0.3 is 10.6 Å². The summed E-state index contributed by atoms with van der Waals surface area (Å²) in [7, 11) is 0. The minimum absolute atomic E-state index is 0.233. The zero-order chi connectivity index (χ0) is 22.2. The SMILES string of the molecule is CC1CCCN(c2cc(C(N)=O)nc3c2CCN(Cc2ccnc(C(F)(F)F)c2)C3)C1. The van der Waals surface area contributed by atoms with Crippen molar-refractivity contribution in [2.24, 2.45) is 11.7 Å². The van der Waals surface area contributed by atoms with E-state index in [1.807, 2.05) is 4.90 Å². The number of primary amides is 1. The first-order valence-electron chi connectivity index (χ1n) is 10.5. The van der Waals surface area contributed by atoms with Crippen molar-refractivity contribution in [1.29, 1.82) is 0 Å². The van der Waals surface area contributed by atoms with Crippen molar-refractivity contribution >= 4 is 11.6 Å². The Morgan fingerprint density at radius 3 is 2.81 bits per heavy atom. The largest absolute Gasteiger partial charge is 0.433 e. The van der Waals surface area contributed by atoms with Gasteiger partial charge in [0.1, 0.15) is 11.4 Å². The number of amides is 1. The summed E-state index contributed by atoms with van der Waals surface area (Å²) in [5.41, 5.74) is 8.34. The average Bonchev–Trinajstić information content (AvgIpc) is 2.72. The molecule has 2 aliphatic rings. The Balaban J connectivity index is 1.59. The van der Waals surface area contributed by atoms with Crippen LogP contribution in [0.5, 0.6) is 0 Å². The van der Waals surface area contributed by atoms with E-state index in [0.29, 0.717) is 31.1 Å². The number of pyridine rings is 2. The zero-order valence-electron chi connectivity index (χ0n) is 17.5. The highest BCUT2D eigenvalue weighted by Crippen LogP contribution is 2.33. The number of anilines is 1. The Morgan fingerprint density at radius 2 is 2.10 bits per heavy atom. The standard InChI is InChI=1S/C22H26F3N5O/c1-14-3-2-7-30(11-14)19-10-17(21(26)31)28-18-13-29(8-5-16(18)19)12-15-4-6-27-20(9-15)22(23,24)25/h4,6,9-10,14H,2-3,5,7-8,11-13H2,1H3,(H2,26,31). The van der Waals surface area contributed by atoms with E-state index in [1.54, 1.807) is 12.1 Å². The number of aromatic nitrogens is 2. The molecule has 4 heterocycles. The van der Waals surface area contributed by atoms with Crippen molar-refractivity contribution in [3.05, 3.63) is 52.6 Å². The molecule has 4 rings (SSSR count). The summed E-state index contributed by atoms with van der Waals surface area (Å²) in [5.74, 6) is -0.000569. The van der Waals surface area contributed by atoms with Crippen LogP contribution in [-0.2, 0) is 25.7 Å². The molecule has 1 fully saturated rings. The summed E-state index contributed by atoms with van der Waals surface area (Å²) in [6.45, 7) is 5.58. The fourth-order valence-electron chi connectivity index (χ4n) is 4.51. The van der Waals surface area contributed by atoms with Gasteiger partial charge in [-0.2, -0.15) is 13.2 Å². The van der Waals surface area contributed by atoms with E-state index in [9.17, 15) is 18.0 Å². The van der Waals surface area contributed by atoms with E-state index in [4.69, 9.17) is 5.73 Å².